The Morgan fingerprint density at radius 3 is 2.68 bits per heavy atom. The van der Waals surface area contributed by atoms with Crippen LogP contribution in [0.1, 0.15) is 10.6 Å². The fraction of sp³-hybridized carbons (Fsp3) is 0. The zero-order valence-corrected chi connectivity index (χ0v) is 16.4. The number of furan rings is 1. The maximum atomic E-state index is 12.5. The number of hydrogen-bond donors (Lipinski definition) is 1. The summed E-state index contributed by atoms with van der Waals surface area (Å²) in [6.45, 7) is 0. The van der Waals surface area contributed by atoms with E-state index in [1.807, 2.05) is 12.1 Å². The molecule has 0 fully saturated rings. The van der Waals surface area contributed by atoms with Gasteiger partial charge in [-0.15, -0.1) is 10.2 Å². The molecule has 1 N–H and O–H groups in total. The first-order valence-corrected chi connectivity index (χ1v) is 9.82. The zero-order valence-electron chi connectivity index (χ0n) is 15.6. The summed E-state index contributed by atoms with van der Waals surface area (Å²) in [5.41, 5.74) is 1.66. The SMILES string of the molecule is O=C(Nc1ccc(-c2nn3cnnc3s2)cc1)c1ccc(-c2ccccc2[N+](=O)[O-])o1. The molecule has 0 saturated heterocycles. The third kappa shape index (κ3) is 3.53. The number of benzene rings is 2. The molecule has 0 aliphatic carbocycles. The predicted octanol–water partition coefficient (Wildman–Crippen LogP) is 4.27. The molecule has 3 heterocycles. The lowest BCUT2D eigenvalue weighted by molar-refractivity contribution is -0.384. The van der Waals surface area contributed by atoms with E-state index >= 15 is 0 Å². The third-order valence-electron chi connectivity index (χ3n) is 4.47. The van der Waals surface area contributed by atoms with Gasteiger partial charge in [-0.1, -0.05) is 23.5 Å². The number of nitrogens with one attached hydrogen (secondary N) is 1. The fourth-order valence-corrected chi connectivity index (χ4v) is 3.84. The van der Waals surface area contributed by atoms with Crippen molar-refractivity contribution in [1.29, 1.82) is 0 Å². The summed E-state index contributed by atoms with van der Waals surface area (Å²) in [4.78, 5) is 24.0. The number of para-hydroxylation sites is 1. The Balaban J connectivity index is 1.33. The van der Waals surface area contributed by atoms with E-state index in [1.165, 1.54) is 35.9 Å². The van der Waals surface area contributed by atoms with Crippen molar-refractivity contribution in [1.82, 2.24) is 19.8 Å². The van der Waals surface area contributed by atoms with E-state index < -0.39 is 10.8 Å². The Bertz CT molecular complexity index is 1390. The van der Waals surface area contributed by atoms with Gasteiger partial charge in [-0.3, -0.25) is 14.9 Å². The molecule has 5 aromatic rings. The molecule has 5 rings (SSSR count). The number of carbonyl (C=O) groups is 1. The minimum Gasteiger partial charge on any atom is -0.451 e. The molecule has 1 amide bonds. The van der Waals surface area contributed by atoms with Crippen LogP contribution < -0.4 is 5.32 Å². The van der Waals surface area contributed by atoms with Gasteiger partial charge in [0.1, 0.15) is 17.1 Å². The molecule has 0 bridgehead atoms. The van der Waals surface area contributed by atoms with Gasteiger partial charge in [0.05, 0.1) is 10.5 Å². The molecule has 0 aliphatic rings. The predicted molar refractivity (Wildman–Crippen MR) is 113 cm³/mol. The number of anilines is 1. The van der Waals surface area contributed by atoms with Crippen LogP contribution in [0, 0.1) is 10.1 Å². The van der Waals surface area contributed by atoms with Crippen molar-refractivity contribution >= 4 is 33.6 Å². The first kappa shape index (κ1) is 18.6. The largest absolute Gasteiger partial charge is 0.451 e. The summed E-state index contributed by atoms with van der Waals surface area (Å²) >= 11 is 1.41. The van der Waals surface area contributed by atoms with Crippen molar-refractivity contribution in [2.45, 2.75) is 0 Å². The van der Waals surface area contributed by atoms with Gasteiger partial charge in [0.2, 0.25) is 4.96 Å². The second-order valence-corrected chi connectivity index (χ2v) is 7.39. The molecule has 152 valence electrons. The minimum absolute atomic E-state index is 0.0471. The quantitative estimate of drug-likeness (QED) is 0.324. The van der Waals surface area contributed by atoms with E-state index in [-0.39, 0.29) is 17.2 Å². The van der Waals surface area contributed by atoms with E-state index in [4.69, 9.17) is 4.42 Å². The van der Waals surface area contributed by atoms with Gasteiger partial charge in [0.15, 0.2) is 5.76 Å². The van der Waals surface area contributed by atoms with Gasteiger partial charge in [0, 0.05) is 17.3 Å². The van der Waals surface area contributed by atoms with Crippen LogP contribution in [0.3, 0.4) is 0 Å². The van der Waals surface area contributed by atoms with Gasteiger partial charge >= 0.3 is 0 Å². The van der Waals surface area contributed by atoms with Gasteiger partial charge < -0.3 is 9.73 Å². The smallest absolute Gasteiger partial charge is 0.291 e. The van der Waals surface area contributed by atoms with Gasteiger partial charge in [-0.2, -0.15) is 9.61 Å². The van der Waals surface area contributed by atoms with Crippen molar-refractivity contribution in [3.8, 4) is 21.9 Å². The second kappa shape index (κ2) is 7.46. The summed E-state index contributed by atoms with van der Waals surface area (Å²) in [5.74, 6) is -0.168. The Labute approximate surface area is 177 Å². The summed E-state index contributed by atoms with van der Waals surface area (Å²) in [6.07, 6.45) is 1.53. The number of fused-ring (bicyclic) bond motifs is 1. The van der Waals surface area contributed by atoms with Gasteiger partial charge in [-0.25, -0.2) is 0 Å². The molecular formula is C20H12N6O4S. The Hall–Kier alpha value is -4.38. The summed E-state index contributed by atoms with van der Waals surface area (Å²) in [5, 5.41) is 26.9. The highest BCUT2D eigenvalue weighted by Gasteiger charge is 2.19. The van der Waals surface area contributed by atoms with Crippen LogP contribution in [0.4, 0.5) is 11.4 Å². The van der Waals surface area contributed by atoms with E-state index in [2.05, 4.69) is 20.6 Å². The highest BCUT2D eigenvalue weighted by molar-refractivity contribution is 7.19. The number of nitrogens with zero attached hydrogens (tertiary/aromatic N) is 5. The minimum atomic E-state index is -0.490. The average molecular weight is 432 g/mol. The van der Waals surface area contributed by atoms with E-state index in [1.54, 1.807) is 34.8 Å². The lowest BCUT2D eigenvalue weighted by Gasteiger charge is -2.04. The number of nitro benzene ring substituents is 1. The van der Waals surface area contributed by atoms with Crippen molar-refractivity contribution in [3.05, 3.63) is 82.9 Å². The maximum absolute atomic E-state index is 12.5. The lowest BCUT2D eigenvalue weighted by Crippen LogP contribution is -2.10. The number of aromatic nitrogens is 4. The van der Waals surface area contributed by atoms with E-state index in [9.17, 15) is 14.9 Å². The van der Waals surface area contributed by atoms with Crippen LogP contribution in [0.15, 0.2) is 71.4 Å². The van der Waals surface area contributed by atoms with Crippen LogP contribution in [-0.4, -0.2) is 30.6 Å². The molecule has 0 radical (unpaired) electrons. The van der Waals surface area contributed by atoms with Crippen LogP contribution in [0.2, 0.25) is 0 Å². The van der Waals surface area contributed by atoms with Gasteiger partial charge in [-0.05, 0) is 42.5 Å². The van der Waals surface area contributed by atoms with Crippen LogP contribution in [0.25, 0.3) is 26.9 Å². The van der Waals surface area contributed by atoms with Crippen molar-refractivity contribution in [2.24, 2.45) is 0 Å². The monoisotopic (exact) mass is 432 g/mol. The fourth-order valence-electron chi connectivity index (χ4n) is 3.01. The average Bonchev–Trinajstić information content (AvgIpc) is 3.50. The topological polar surface area (TPSA) is 128 Å². The lowest BCUT2D eigenvalue weighted by atomic mass is 10.1. The maximum Gasteiger partial charge on any atom is 0.291 e. The summed E-state index contributed by atoms with van der Waals surface area (Å²) in [6, 6.07) is 16.4. The Kier molecular flexibility index (Phi) is 4.49. The Morgan fingerprint density at radius 1 is 1.10 bits per heavy atom. The van der Waals surface area contributed by atoms with Crippen molar-refractivity contribution < 1.29 is 14.1 Å². The molecule has 2 aromatic carbocycles. The van der Waals surface area contributed by atoms with Crippen LogP contribution in [0.5, 0.6) is 0 Å². The highest BCUT2D eigenvalue weighted by atomic mass is 32.1. The van der Waals surface area contributed by atoms with E-state index in [0.29, 0.717) is 16.2 Å². The van der Waals surface area contributed by atoms with Crippen LogP contribution in [-0.2, 0) is 0 Å². The number of rotatable bonds is 5. The highest BCUT2D eigenvalue weighted by Crippen LogP contribution is 2.31. The molecule has 0 aliphatic heterocycles. The standard InChI is InChI=1S/C20H12N6O4S/c27-18(17-10-9-16(30-17)14-3-1-2-4-15(14)26(28)29)22-13-7-5-12(6-8-13)19-24-25-11-21-23-20(25)31-19/h1-11H,(H,22,27). The molecule has 31 heavy (non-hydrogen) atoms. The molecule has 0 spiro atoms. The molecule has 0 unspecified atom stereocenters. The second-order valence-electron chi connectivity index (χ2n) is 6.43. The number of hydrogen-bond acceptors (Lipinski definition) is 8. The van der Waals surface area contributed by atoms with Crippen molar-refractivity contribution in [2.75, 3.05) is 5.32 Å². The van der Waals surface area contributed by atoms with E-state index in [0.717, 1.165) is 10.6 Å². The third-order valence-corrected chi connectivity index (χ3v) is 5.43. The molecule has 11 heteroatoms. The number of amides is 1. The molecular weight excluding hydrogens is 420 g/mol. The van der Waals surface area contributed by atoms with Gasteiger partial charge in [0.25, 0.3) is 11.6 Å². The summed E-state index contributed by atoms with van der Waals surface area (Å²) < 4.78 is 7.17. The molecule has 10 nitrogen and oxygen atoms in total. The zero-order chi connectivity index (χ0) is 21.4. The van der Waals surface area contributed by atoms with Crippen molar-refractivity contribution in [3.63, 3.8) is 0 Å². The number of carbonyl (C=O) groups excluding carboxylic acids is 1. The normalized spacial score (nSPS) is 11.0. The molecule has 0 atom stereocenters. The first-order valence-electron chi connectivity index (χ1n) is 9.01. The first-order chi connectivity index (χ1) is 15.1. The number of nitro groups is 1. The molecule has 0 saturated carbocycles. The van der Waals surface area contributed by atoms with Crippen LogP contribution >= 0.6 is 11.3 Å². The molecule has 3 aromatic heterocycles. The summed E-state index contributed by atoms with van der Waals surface area (Å²) in [7, 11) is 0. The Morgan fingerprint density at radius 2 is 1.90 bits per heavy atom.